The van der Waals surface area contributed by atoms with E-state index in [1.54, 1.807) is 4.68 Å². The lowest BCUT2D eigenvalue weighted by atomic mass is 9.86. The van der Waals surface area contributed by atoms with Gasteiger partial charge in [-0.1, -0.05) is 38.0 Å². The monoisotopic (exact) mass is 408 g/mol. The molecule has 0 saturated heterocycles. The third kappa shape index (κ3) is 4.10. The van der Waals surface area contributed by atoms with E-state index in [4.69, 9.17) is 0 Å². The van der Waals surface area contributed by atoms with Crippen molar-refractivity contribution in [3.05, 3.63) is 53.2 Å². The fourth-order valence-corrected chi connectivity index (χ4v) is 3.88. The van der Waals surface area contributed by atoms with Crippen LogP contribution in [-0.4, -0.2) is 37.3 Å². The maximum Gasteiger partial charge on any atom is 0.321 e. The number of hydrogen-bond acceptors (Lipinski definition) is 5. The number of imide groups is 1. The third-order valence-electron chi connectivity index (χ3n) is 5.55. The van der Waals surface area contributed by atoms with Gasteiger partial charge >= 0.3 is 6.03 Å². The normalized spacial score (nSPS) is 18.8. The highest BCUT2D eigenvalue weighted by atomic mass is 16.2. The molecular weight excluding hydrogens is 384 g/mol. The van der Waals surface area contributed by atoms with E-state index in [9.17, 15) is 14.4 Å². The Balaban J connectivity index is 1.45. The number of carbonyl (C=O) groups excluding carboxylic acids is 2. The maximum atomic E-state index is 12.7. The van der Waals surface area contributed by atoms with Crippen molar-refractivity contribution in [3.8, 4) is 5.69 Å². The quantitative estimate of drug-likeness (QED) is 0.686. The van der Waals surface area contributed by atoms with Crippen LogP contribution in [0.4, 0.5) is 4.79 Å². The second-order valence-electron chi connectivity index (χ2n) is 7.70. The number of nitrogens with zero attached hydrogens (tertiary/aromatic N) is 4. The zero-order valence-electron chi connectivity index (χ0n) is 16.7. The molecule has 1 aliphatic carbocycles. The first-order chi connectivity index (χ1) is 14.5. The molecule has 0 unspecified atom stereocenters. The molecule has 30 heavy (non-hydrogen) atoms. The van der Waals surface area contributed by atoms with Crippen molar-refractivity contribution < 1.29 is 9.59 Å². The molecule has 0 spiro atoms. The van der Waals surface area contributed by atoms with Crippen molar-refractivity contribution in [2.24, 2.45) is 5.92 Å². The molecular formula is C21H24N6O3. The van der Waals surface area contributed by atoms with Crippen LogP contribution < -0.4 is 16.2 Å². The van der Waals surface area contributed by atoms with Crippen molar-refractivity contribution in [2.45, 2.75) is 45.2 Å². The Bertz CT molecular complexity index is 1120. The number of urea groups is 1. The smallest absolute Gasteiger partial charge is 0.321 e. The molecule has 156 valence electrons. The second kappa shape index (κ2) is 8.48. The fourth-order valence-electron chi connectivity index (χ4n) is 3.88. The van der Waals surface area contributed by atoms with Crippen molar-refractivity contribution in [2.75, 3.05) is 0 Å². The molecule has 0 aliphatic heterocycles. The van der Waals surface area contributed by atoms with Gasteiger partial charge in [-0.3, -0.25) is 19.5 Å². The number of para-hydroxylation sites is 1. The highest BCUT2D eigenvalue weighted by Gasteiger charge is 2.23. The highest BCUT2D eigenvalue weighted by molar-refractivity contribution is 5.94. The summed E-state index contributed by atoms with van der Waals surface area (Å²) in [6.07, 6.45) is 6.95. The Kier molecular flexibility index (Phi) is 5.60. The van der Waals surface area contributed by atoms with E-state index < -0.39 is 17.5 Å². The van der Waals surface area contributed by atoms with Gasteiger partial charge in [0.05, 0.1) is 11.9 Å². The molecule has 9 nitrogen and oxygen atoms in total. The Morgan fingerprint density at radius 3 is 2.70 bits per heavy atom. The first-order valence-corrected chi connectivity index (χ1v) is 10.1. The van der Waals surface area contributed by atoms with Gasteiger partial charge in [0.1, 0.15) is 18.3 Å². The molecule has 2 atom stereocenters. The summed E-state index contributed by atoms with van der Waals surface area (Å²) in [4.78, 5) is 41.5. The van der Waals surface area contributed by atoms with Crippen LogP contribution in [-0.2, 0) is 11.3 Å². The van der Waals surface area contributed by atoms with Crippen LogP contribution in [0.3, 0.4) is 0 Å². The molecule has 1 saturated carbocycles. The molecule has 0 radical (unpaired) electrons. The molecule has 2 aromatic heterocycles. The number of amides is 3. The SMILES string of the molecule is C[C@@H]1CCCC[C@@H]1NC(=O)NC(=O)Cn1cnc2c(cnn2-c2ccccc2)c1=O. The Hall–Kier alpha value is -3.49. The number of nitrogens with one attached hydrogen (secondary N) is 2. The van der Waals surface area contributed by atoms with Gasteiger partial charge in [-0.15, -0.1) is 0 Å². The van der Waals surface area contributed by atoms with E-state index in [0.717, 1.165) is 24.9 Å². The topological polar surface area (TPSA) is 111 Å². The van der Waals surface area contributed by atoms with Crippen molar-refractivity contribution in [3.63, 3.8) is 0 Å². The Morgan fingerprint density at radius 1 is 1.17 bits per heavy atom. The largest absolute Gasteiger partial charge is 0.335 e. The highest BCUT2D eigenvalue weighted by Crippen LogP contribution is 2.23. The lowest BCUT2D eigenvalue weighted by molar-refractivity contribution is -0.120. The number of benzene rings is 1. The van der Waals surface area contributed by atoms with Crippen molar-refractivity contribution in [1.29, 1.82) is 0 Å². The van der Waals surface area contributed by atoms with Crippen LogP contribution in [0.25, 0.3) is 16.7 Å². The number of aromatic nitrogens is 4. The molecule has 0 bridgehead atoms. The minimum Gasteiger partial charge on any atom is -0.335 e. The van der Waals surface area contributed by atoms with Crippen LogP contribution in [0.1, 0.15) is 32.6 Å². The van der Waals surface area contributed by atoms with Gasteiger partial charge in [0, 0.05) is 6.04 Å². The average molecular weight is 408 g/mol. The van der Waals surface area contributed by atoms with Crippen LogP contribution in [0, 0.1) is 5.92 Å². The zero-order valence-corrected chi connectivity index (χ0v) is 16.7. The molecule has 1 aliphatic rings. The Morgan fingerprint density at radius 2 is 1.93 bits per heavy atom. The fraction of sp³-hybridized carbons (Fsp3) is 0.381. The summed E-state index contributed by atoms with van der Waals surface area (Å²) >= 11 is 0. The molecule has 3 amide bonds. The first kappa shape index (κ1) is 19.8. The lowest BCUT2D eigenvalue weighted by Crippen LogP contribution is -2.48. The van der Waals surface area contributed by atoms with Crippen molar-refractivity contribution >= 4 is 23.0 Å². The van der Waals surface area contributed by atoms with E-state index in [1.165, 1.54) is 23.5 Å². The van der Waals surface area contributed by atoms with Gasteiger partial charge in [0.15, 0.2) is 5.65 Å². The van der Waals surface area contributed by atoms with Gasteiger partial charge in [-0.05, 0) is 30.9 Å². The van der Waals surface area contributed by atoms with Crippen molar-refractivity contribution in [1.82, 2.24) is 30.0 Å². The molecule has 4 rings (SSSR count). The van der Waals surface area contributed by atoms with E-state index >= 15 is 0 Å². The lowest BCUT2D eigenvalue weighted by Gasteiger charge is -2.29. The Labute approximate surface area is 173 Å². The second-order valence-corrected chi connectivity index (χ2v) is 7.70. The molecule has 2 N–H and O–H groups in total. The summed E-state index contributed by atoms with van der Waals surface area (Å²) in [5, 5.41) is 9.71. The van der Waals surface area contributed by atoms with Gasteiger partial charge < -0.3 is 5.32 Å². The van der Waals surface area contributed by atoms with Gasteiger partial charge in [0.2, 0.25) is 5.91 Å². The molecule has 1 fully saturated rings. The van der Waals surface area contributed by atoms with Crippen LogP contribution in [0.15, 0.2) is 47.7 Å². The molecule has 9 heteroatoms. The average Bonchev–Trinajstić information content (AvgIpc) is 3.17. The minimum absolute atomic E-state index is 0.0658. The van der Waals surface area contributed by atoms with Crippen LogP contribution >= 0.6 is 0 Å². The molecule has 2 heterocycles. The third-order valence-corrected chi connectivity index (χ3v) is 5.55. The summed E-state index contributed by atoms with van der Waals surface area (Å²) in [6.45, 7) is 1.80. The van der Waals surface area contributed by atoms with E-state index in [-0.39, 0.29) is 12.6 Å². The van der Waals surface area contributed by atoms with Gasteiger partial charge in [-0.2, -0.15) is 5.10 Å². The van der Waals surface area contributed by atoms with Gasteiger partial charge in [-0.25, -0.2) is 14.5 Å². The predicted octanol–water partition coefficient (Wildman–Crippen LogP) is 1.99. The van der Waals surface area contributed by atoms with E-state index in [1.807, 2.05) is 30.3 Å². The minimum atomic E-state index is -0.574. The van der Waals surface area contributed by atoms with Crippen LogP contribution in [0.5, 0.6) is 0 Å². The number of carbonyl (C=O) groups is 2. The van der Waals surface area contributed by atoms with Crippen LogP contribution in [0.2, 0.25) is 0 Å². The number of fused-ring (bicyclic) bond motifs is 1. The van der Waals surface area contributed by atoms with E-state index in [2.05, 4.69) is 27.6 Å². The maximum absolute atomic E-state index is 12.7. The summed E-state index contributed by atoms with van der Waals surface area (Å²) in [7, 11) is 0. The van der Waals surface area contributed by atoms with Gasteiger partial charge in [0.25, 0.3) is 5.56 Å². The molecule has 1 aromatic carbocycles. The molecule has 3 aromatic rings. The standard InChI is InChI=1S/C21H24N6O3/c1-14-7-5-6-10-17(14)24-21(30)25-18(28)12-26-13-22-19-16(20(26)29)11-23-27(19)15-8-3-2-4-9-15/h2-4,8-9,11,13-14,17H,5-7,10,12H2,1H3,(H2,24,25,28,30)/t14-,17+/m1/s1. The zero-order chi connectivity index (χ0) is 21.1. The predicted molar refractivity (Wildman–Crippen MR) is 111 cm³/mol. The summed E-state index contributed by atoms with van der Waals surface area (Å²) in [5.74, 6) is -0.190. The summed E-state index contributed by atoms with van der Waals surface area (Å²) in [6, 6.07) is 8.88. The first-order valence-electron chi connectivity index (χ1n) is 10.1. The number of rotatable bonds is 4. The van der Waals surface area contributed by atoms with E-state index in [0.29, 0.717) is 17.0 Å². The summed E-state index contributed by atoms with van der Waals surface area (Å²) < 4.78 is 2.74. The number of hydrogen-bond donors (Lipinski definition) is 2. The summed E-state index contributed by atoms with van der Waals surface area (Å²) in [5.41, 5.74) is 0.800.